The Morgan fingerprint density at radius 1 is 1.24 bits per heavy atom. The second-order valence-corrected chi connectivity index (χ2v) is 7.07. The summed E-state index contributed by atoms with van der Waals surface area (Å²) in [6.45, 7) is 5.52. The topological polar surface area (TPSA) is 65.1 Å². The Morgan fingerprint density at radius 3 is 2.05 bits per heavy atom. The number of hydrogen-bond donors (Lipinski definition) is 0. The van der Waals surface area contributed by atoms with E-state index in [-0.39, 0.29) is 24.3 Å². The van der Waals surface area contributed by atoms with Gasteiger partial charge in [-0.15, -0.1) is 0 Å². The number of rotatable bonds is 6. The molecule has 0 aliphatic carbocycles. The van der Waals surface area contributed by atoms with E-state index in [1.54, 1.807) is 7.11 Å². The van der Waals surface area contributed by atoms with Gasteiger partial charge in [-0.05, 0) is 26.8 Å². The maximum Gasteiger partial charge on any atom is 0.238 e. The third-order valence-electron chi connectivity index (χ3n) is 4.05. The van der Waals surface area contributed by atoms with Crippen LogP contribution in [0.4, 0.5) is 0 Å². The summed E-state index contributed by atoms with van der Waals surface area (Å²) in [4.78, 5) is 26.4. The number of imide groups is 1. The maximum atomic E-state index is 12.8. The van der Waals surface area contributed by atoms with Gasteiger partial charge in [0.2, 0.25) is 17.6 Å². The Hall–Kier alpha value is -0.763. The van der Waals surface area contributed by atoms with Crippen LogP contribution in [0.1, 0.15) is 27.2 Å². The summed E-state index contributed by atoms with van der Waals surface area (Å²) in [6.07, 6.45) is -0.292. The van der Waals surface area contributed by atoms with E-state index in [1.165, 1.54) is 19.1 Å². The van der Waals surface area contributed by atoms with Gasteiger partial charge in [-0.3, -0.25) is 14.5 Å². The van der Waals surface area contributed by atoms with Crippen LogP contribution in [0.25, 0.3) is 0 Å². The summed E-state index contributed by atoms with van der Waals surface area (Å²) in [5, 5.41) is 0. The quantitative estimate of drug-likeness (QED) is 0.390. The average Bonchev–Trinajstić information content (AvgIpc) is 2.71. The van der Waals surface area contributed by atoms with E-state index in [0.29, 0.717) is 0 Å². The van der Waals surface area contributed by atoms with Crippen molar-refractivity contribution in [2.45, 2.75) is 50.7 Å². The summed E-state index contributed by atoms with van der Waals surface area (Å²) >= 11 is 0. The molecule has 0 spiro atoms. The highest BCUT2D eigenvalue weighted by Crippen LogP contribution is 2.39. The molecule has 2 atom stereocenters. The molecule has 2 unspecified atom stereocenters. The van der Waals surface area contributed by atoms with Crippen molar-refractivity contribution in [3.8, 4) is 0 Å². The molecule has 0 radical (unpaired) electrons. The van der Waals surface area contributed by atoms with Crippen LogP contribution < -0.4 is 0 Å². The standard InChI is InChI=1S/C14H27NO5Si/c1-13(2,3)15-11(16)7-9(12(15)17)14(19-5,20-6)10(8-21)18-4/h9-10H,7-8H2,1-6,21H3. The SMILES string of the molecule is COC(C[SiH3])C(OC)(OC)C1CC(=O)N(C(C)(C)C)C1=O. The van der Waals surface area contributed by atoms with E-state index in [0.717, 1.165) is 16.3 Å². The molecule has 21 heavy (non-hydrogen) atoms. The van der Waals surface area contributed by atoms with Crippen LogP contribution in [0.15, 0.2) is 0 Å². The first-order valence-electron chi connectivity index (χ1n) is 7.19. The molecule has 1 fully saturated rings. The number of carbonyl (C=O) groups excluding carboxylic acids is 2. The van der Waals surface area contributed by atoms with Crippen LogP contribution in [0.5, 0.6) is 0 Å². The van der Waals surface area contributed by atoms with Gasteiger partial charge in [-0.1, -0.05) is 0 Å². The smallest absolute Gasteiger partial charge is 0.238 e. The molecule has 0 N–H and O–H groups in total. The molecule has 0 aromatic carbocycles. The lowest BCUT2D eigenvalue weighted by molar-refractivity contribution is -0.282. The molecule has 1 aliphatic rings. The molecule has 1 aliphatic heterocycles. The van der Waals surface area contributed by atoms with E-state index >= 15 is 0 Å². The first kappa shape index (κ1) is 18.3. The maximum absolute atomic E-state index is 12.8. The number of likely N-dealkylation sites (tertiary alicyclic amines) is 1. The summed E-state index contributed by atoms with van der Waals surface area (Å²) < 4.78 is 16.6. The van der Waals surface area contributed by atoms with Crippen molar-refractivity contribution >= 4 is 22.1 Å². The van der Waals surface area contributed by atoms with Crippen molar-refractivity contribution in [1.82, 2.24) is 4.90 Å². The minimum atomic E-state index is -1.22. The summed E-state index contributed by atoms with van der Waals surface area (Å²) in [6, 6.07) is 0.742. The highest BCUT2D eigenvalue weighted by Gasteiger charge is 2.57. The largest absolute Gasteiger partial charge is 0.376 e. The van der Waals surface area contributed by atoms with Gasteiger partial charge >= 0.3 is 0 Å². The van der Waals surface area contributed by atoms with E-state index in [9.17, 15) is 9.59 Å². The molecule has 7 heteroatoms. The average molecular weight is 317 g/mol. The number of hydrogen-bond acceptors (Lipinski definition) is 5. The van der Waals surface area contributed by atoms with E-state index in [4.69, 9.17) is 14.2 Å². The molecular weight excluding hydrogens is 290 g/mol. The predicted molar refractivity (Wildman–Crippen MR) is 82.0 cm³/mol. The Bertz CT molecular complexity index is 399. The number of carbonyl (C=O) groups is 2. The lowest BCUT2D eigenvalue weighted by Gasteiger charge is -2.40. The molecule has 1 heterocycles. The highest BCUT2D eigenvalue weighted by atomic mass is 28.1. The first-order valence-corrected chi connectivity index (χ1v) is 8.61. The van der Waals surface area contributed by atoms with Crippen LogP contribution in [0.3, 0.4) is 0 Å². The second-order valence-electron chi connectivity index (χ2n) is 6.26. The summed E-state index contributed by atoms with van der Waals surface area (Å²) in [5.41, 5.74) is -0.556. The molecule has 1 saturated heterocycles. The third kappa shape index (κ3) is 3.06. The Kier molecular flexibility index (Phi) is 5.71. The third-order valence-corrected chi connectivity index (χ3v) is 4.79. The van der Waals surface area contributed by atoms with Gasteiger partial charge in [-0.25, -0.2) is 0 Å². The van der Waals surface area contributed by atoms with Gasteiger partial charge in [-0.2, -0.15) is 0 Å². The van der Waals surface area contributed by atoms with Crippen molar-refractivity contribution in [2.24, 2.45) is 5.92 Å². The van der Waals surface area contributed by atoms with Gasteiger partial charge in [0.1, 0.15) is 12.0 Å². The normalized spacial score (nSPS) is 22.2. The van der Waals surface area contributed by atoms with E-state index in [2.05, 4.69) is 0 Å². The number of methoxy groups -OCH3 is 3. The van der Waals surface area contributed by atoms with Crippen molar-refractivity contribution < 1.29 is 23.8 Å². The molecule has 2 amide bonds. The van der Waals surface area contributed by atoms with Crippen molar-refractivity contribution in [3.63, 3.8) is 0 Å². The Labute approximate surface area is 129 Å². The predicted octanol–water partition coefficient (Wildman–Crippen LogP) is -0.0522. The van der Waals surface area contributed by atoms with Crippen molar-refractivity contribution in [3.05, 3.63) is 0 Å². The monoisotopic (exact) mass is 317 g/mol. The molecule has 0 aromatic rings. The van der Waals surface area contributed by atoms with Gasteiger partial charge in [0, 0.05) is 43.5 Å². The summed E-state index contributed by atoms with van der Waals surface area (Å²) in [5.74, 6) is -2.35. The second kappa shape index (κ2) is 6.56. The minimum absolute atomic E-state index is 0.0825. The summed E-state index contributed by atoms with van der Waals surface area (Å²) in [7, 11) is 5.42. The lowest BCUT2D eigenvalue weighted by atomic mass is 9.91. The minimum Gasteiger partial charge on any atom is -0.376 e. The molecule has 0 aromatic heterocycles. The molecule has 0 saturated carbocycles. The van der Waals surface area contributed by atoms with Gasteiger partial charge in [0.15, 0.2) is 0 Å². The van der Waals surface area contributed by atoms with Crippen LogP contribution in [0.2, 0.25) is 6.04 Å². The number of ether oxygens (including phenoxy) is 3. The molecule has 122 valence electrons. The fraction of sp³-hybridized carbons (Fsp3) is 0.857. The zero-order chi connectivity index (χ0) is 16.4. The fourth-order valence-corrected chi connectivity index (χ4v) is 4.02. The van der Waals surface area contributed by atoms with Gasteiger partial charge < -0.3 is 14.2 Å². The van der Waals surface area contributed by atoms with Crippen molar-refractivity contribution in [2.75, 3.05) is 21.3 Å². The number of amides is 2. The fourth-order valence-electron chi connectivity index (χ4n) is 3.12. The molecule has 6 nitrogen and oxygen atoms in total. The van der Waals surface area contributed by atoms with Gasteiger partial charge in [0.05, 0.1) is 0 Å². The lowest BCUT2D eigenvalue weighted by Crippen LogP contribution is -2.56. The van der Waals surface area contributed by atoms with Crippen LogP contribution in [0, 0.1) is 5.92 Å². The zero-order valence-electron chi connectivity index (χ0n) is 14.1. The van der Waals surface area contributed by atoms with E-state index < -0.39 is 17.2 Å². The van der Waals surface area contributed by atoms with Crippen LogP contribution in [-0.4, -0.2) is 65.7 Å². The van der Waals surface area contributed by atoms with Crippen LogP contribution >= 0.6 is 0 Å². The molecule has 0 bridgehead atoms. The van der Waals surface area contributed by atoms with Crippen LogP contribution in [-0.2, 0) is 23.8 Å². The van der Waals surface area contributed by atoms with E-state index in [1.807, 2.05) is 20.8 Å². The Balaban J connectivity index is 3.23. The van der Waals surface area contributed by atoms with Crippen molar-refractivity contribution in [1.29, 1.82) is 0 Å². The van der Waals surface area contributed by atoms with Gasteiger partial charge in [0.25, 0.3) is 0 Å². The molecular formula is C14H27NO5Si. The zero-order valence-corrected chi connectivity index (χ0v) is 16.1. The number of nitrogens with zero attached hydrogens (tertiary/aromatic N) is 1. The Morgan fingerprint density at radius 2 is 1.76 bits per heavy atom. The molecule has 1 rings (SSSR count). The highest BCUT2D eigenvalue weighted by molar-refractivity contribution is 6.09. The first-order chi connectivity index (χ1) is 9.69.